The van der Waals surface area contributed by atoms with Gasteiger partial charge in [0.1, 0.15) is 5.54 Å². The van der Waals surface area contributed by atoms with Gasteiger partial charge >= 0.3 is 0 Å². The fourth-order valence-corrected chi connectivity index (χ4v) is 4.96. The van der Waals surface area contributed by atoms with Crippen molar-refractivity contribution in [3.05, 3.63) is 54.6 Å². The molecular formula is C24H31N5OS. The molecule has 4 rings (SSSR count). The number of carbonyl (C=O) groups excluding carboxylic acids is 1. The fourth-order valence-electron chi connectivity index (χ4n) is 4.66. The number of benzene rings is 2. The molecule has 6 nitrogen and oxygen atoms in total. The second-order valence-electron chi connectivity index (χ2n) is 8.10. The Hall–Kier alpha value is -2.80. The smallest absolute Gasteiger partial charge is 0.247 e. The Bertz CT molecular complexity index is 905. The van der Waals surface area contributed by atoms with Gasteiger partial charge < -0.3 is 25.3 Å². The van der Waals surface area contributed by atoms with Gasteiger partial charge in [0.15, 0.2) is 5.11 Å². The summed E-state index contributed by atoms with van der Waals surface area (Å²) in [4.78, 5) is 19.5. The van der Waals surface area contributed by atoms with Gasteiger partial charge in [0.2, 0.25) is 5.91 Å². The lowest BCUT2D eigenvalue weighted by molar-refractivity contribution is -0.124. The van der Waals surface area contributed by atoms with Crippen LogP contribution in [0.2, 0.25) is 0 Å². The molecule has 2 saturated heterocycles. The van der Waals surface area contributed by atoms with Crippen molar-refractivity contribution in [2.75, 3.05) is 48.0 Å². The molecule has 1 spiro atoms. The molecule has 2 N–H and O–H groups in total. The summed E-state index contributed by atoms with van der Waals surface area (Å²) in [5.41, 5.74) is 2.81. The molecule has 2 aromatic carbocycles. The Balaban J connectivity index is 1.39. The van der Waals surface area contributed by atoms with Gasteiger partial charge in [0, 0.05) is 43.2 Å². The summed E-state index contributed by atoms with van der Waals surface area (Å²) in [5, 5.41) is 7.14. The number of para-hydroxylation sites is 1. The summed E-state index contributed by atoms with van der Waals surface area (Å²) in [5.74, 6) is 0.127. The first kappa shape index (κ1) is 21.4. The molecule has 0 radical (unpaired) electrons. The highest BCUT2D eigenvalue weighted by atomic mass is 32.1. The second-order valence-corrected chi connectivity index (χ2v) is 8.48. The Morgan fingerprint density at radius 3 is 2.32 bits per heavy atom. The molecule has 0 aliphatic carbocycles. The summed E-state index contributed by atoms with van der Waals surface area (Å²) < 4.78 is 0. The molecule has 2 fully saturated rings. The van der Waals surface area contributed by atoms with Gasteiger partial charge in [-0.05, 0) is 75.3 Å². The van der Waals surface area contributed by atoms with Crippen LogP contribution in [0.3, 0.4) is 0 Å². The van der Waals surface area contributed by atoms with E-state index in [1.54, 1.807) is 0 Å². The zero-order valence-corrected chi connectivity index (χ0v) is 19.1. The van der Waals surface area contributed by atoms with Crippen LogP contribution < -0.4 is 20.4 Å². The maximum Gasteiger partial charge on any atom is 0.247 e. The maximum absolute atomic E-state index is 12.8. The summed E-state index contributed by atoms with van der Waals surface area (Å²) in [6.07, 6.45) is 1.49. The van der Waals surface area contributed by atoms with Crippen LogP contribution in [0.5, 0.6) is 0 Å². The molecule has 0 atom stereocenters. The largest absolute Gasteiger partial charge is 0.372 e. The fraction of sp³-hybridized carbons (Fsp3) is 0.417. The number of likely N-dealkylation sites (tertiary alicyclic amines) is 1. The number of hydrogen-bond donors (Lipinski definition) is 2. The average Bonchev–Trinajstić information content (AvgIpc) is 3.12. The topological polar surface area (TPSA) is 50.9 Å². The van der Waals surface area contributed by atoms with Gasteiger partial charge in [-0.3, -0.25) is 4.79 Å². The minimum absolute atomic E-state index is 0.127. The highest BCUT2D eigenvalue weighted by Gasteiger charge is 2.50. The molecule has 1 amide bonds. The van der Waals surface area contributed by atoms with E-state index in [1.807, 2.05) is 18.2 Å². The van der Waals surface area contributed by atoms with Crippen LogP contribution in [0.15, 0.2) is 54.6 Å². The highest BCUT2D eigenvalue weighted by molar-refractivity contribution is 7.80. The number of carbonyl (C=O) groups is 1. The standard InChI is InChI=1S/C24H31N5OS/c1-3-27(4-2)20-12-10-19(11-13-20)26-23(31)28-16-14-24(15-17-28)22(30)25-18-29(24)21-8-6-5-7-9-21/h5-13H,3-4,14-18H2,1-2H3,(H,25,30)(H,26,31). The number of anilines is 3. The van der Waals surface area contributed by atoms with Gasteiger partial charge in [-0.1, -0.05) is 18.2 Å². The average molecular weight is 438 g/mol. The van der Waals surface area contributed by atoms with Crippen LogP contribution in [0, 0.1) is 0 Å². The van der Waals surface area contributed by atoms with Crippen molar-refractivity contribution in [2.24, 2.45) is 0 Å². The number of amides is 1. The lowest BCUT2D eigenvalue weighted by atomic mass is 9.86. The third-order valence-electron chi connectivity index (χ3n) is 6.53. The number of nitrogens with one attached hydrogen (secondary N) is 2. The molecule has 2 heterocycles. The third-order valence-corrected chi connectivity index (χ3v) is 6.89. The van der Waals surface area contributed by atoms with Crippen molar-refractivity contribution >= 4 is 40.3 Å². The monoisotopic (exact) mass is 437 g/mol. The number of rotatable bonds is 5. The molecule has 0 bridgehead atoms. The van der Waals surface area contributed by atoms with Gasteiger partial charge in [0.05, 0.1) is 6.67 Å². The number of hydrogen-bond acceptors (Lipinski definition) is 4. The Labute approximate surface area is 190 Å². The van der Waals surface area contributed by atoms with E-state index in [2.05, 4.69) is 75.6 Å². The van der Waals surface area contributed by atoms with Crippen LogP contribution in [0.25, 0.3) is 0 Å². The molecule has 164 valence electrons. The second kappa shape index (κ2) is 9.14. The van der Waals surface area contributed by atoms with Crippen LogP contribution >= 0.6 is 12.2 Å². The summed E-state index contributed by atoms with van der Waals surface area (Å²) in [6.45, 7) is 8.37. The van der Waals surface area contributed by atoms with E-state index in [9.17, 15) is 4.79 Å². The van der Waals surface area contributed by atoms with Crippen LogP contribution in [0.1, 0.15) is 26.7 Å². The third kappa shape index (κ3) is 4.19. The predicted octanol–water partition coefficient (Wildman–Crippen LogP) is 3.66. The quantitative estimate of drug-likeness (QED) is 0.697. The molecule has 0 saturated carbocycles. The number of nitrogens with zero attached hydrogens (tertiary/aromatic N) is 3. The predicted molar refractivity (Wildman–Crippen MR) is 132 cm³/mol. The van der Waals surface area contributed by atoms with Gasteiger partial charge in [-0.15, -0.1) is 0 Å². The van der Waals surface area contributed by atoms with E-state index >= 15 is 0 Å². The first-order chi connectivity index (χ1) is 15.1. The molecular weight excluding hydrogens is 406 g/mol. The summed E-state index contributed by atoms with van der Waals surface area (Å²) >= 11 is 5.69. The van der Waals surface area contributed by atoms with E-state index in [0.717, 1.165) is 55.5 Å². The minimum Gasteiger partial charge on any atom is -0.372 e. The van der Waals surface area contributed by atoms with E-state index in [4.69, 9.17) is 12.2 Å². The van der Waals surface area contributed by atoms with Crippen molar-refractivity contribution in [1.29, 1.82) is 0 Å². The zero-order valence-electron chi connectivity index (χ0n) is 18.3. The number of piperidine rings is 1. The first-order valence-corrected chi connectivity index (χ1v) is 11.5. The minimum atomic E-state index is -0.487. The van der Waals surface area contributed by atoms with E-state index < -0.39 is 5.54 Å². The maximum atomic E-state index is 12.8. The van der Waals surface area contributed by atoms with Crippen LogP contribution in [-0.4, -0.2) is 54.3 Å². The van der Waals surface area contributed by atoms with Crippen LogP contribution in [-0.2, 0) is 4.79 Å². The highest BCUT2D eigenvalue weighted by Crippen LogP contribution is 2.36. The van der Waals surface area contributed by atoms with Crippen molar-refractivity contribution in [3.8, 4) is 0 Å². The van der Waals surface area contributed by atoms with E-state index in [0.29, 0.717) is 6.67 Å². The first-order valence-electron chi connectivity index (χ1n) is 11.1. The number of thiocarbonyl (C=S) groups is 1. The van der Waals surface area contributed by atoms with Gasteiger partial charge in [0.25, 0.3) is 0 Å². The molecule has 0 unspecified atom stereocenters. The van der Waals surface area contributed by atoms with E-state index in [-0.39, 0.29) is 5.91 Å². The lowest BCUT2D eigenvalue weighted by Crippen LogP contribution is -2.57. The zero-order chi connectivity index (χ0) is 21.8. The van der Waals surface area contributed by atoms with Crippen LogP contribution in [0.4, 0.5) is 17.1 Å². The van der Waals surface area contributed by atoms with Crippen molar-refractivity contribution in [2.45, 2.75) is 32.2 Å². The molecule has 7 heteroatoms. The molecule has 2 aliphatic rings. The molecule has 31 heavy (non-hydrogen) atoms. The normalized spacial score (nSPS) is 17.5. The molecule has 2 aromatic rings. The Morgan fingerprint density at radius 2 is 1.71 bits per heavy atom. The molecule has 2 aliphatic heterocycles. The summed E-state index contributed by atoms with van der Waals surface area (Å²) in [6, 6.07) is 18.6. The Morgan fingerprint density at radius 1 is 1.06 bits per heavy atom. The summed E-state index contributed by atoms with van der Waals surface area (Å²) in [7, 11) is 0. The lowest BCUT2D eigenvalue weighted by Gasteiger charge is -2.44. The van der Waals surface area contributed by atoms with Crippen molar-refractivity contribution in [1.82, 2.24) is 10.2 Å². The van der Waals surface area contributed by atoms with Crippen molar-refractivity contribution < 1.29 is 4.79 Å². The van der Waals surface area contributed by atoms with Crippen molar-refractivity contribution in [3.63, 3.8) is 0 Å². The SMILES string of the molecule is CCN(CC)c1ccc(NC(=S)N2CCC3(CC2)C(=O)NCN3c2ccccc2)cc1. The Kier molecular flexibility index (Phi) is 6.32. The van der Waals surface area contributed by atoms with Gasteiger partial charge in [-0.2, -0.15) is 0 Å². The molecule has 0 aromatic heterocycles. The van der Waals surface area contributed by atoms with Gasteiger partial charge in [-0.25, -0.2) is 0 Å². The van der Waals surface area contributed by atoms with E-state index in [1.165, 1.54) is 5.69 Å².